The van der Waals surface area contributed by atoms with E-state index in [0.29, 0.717) is 25.7 Å². The fourth-order valence-corrected chi connectivity index (χ4v) is 3.07. The molecule has 1 aliphatic carbocycles. The van der Waals surface area contributed by atoms with Crippen molar-refractivity contribution in [1.29, 1.82) is 0 Å². The molecule has 3 rings (SSSR count). The largest absolute Gasteiger partial charge is 0.478 e. The Morgan fingerprint density at radius 1 is 1.04 bits per heavy atom. The van der Waals surface area contributed by atoms with E-state index in [9.17, 15) is 9.59 Å². The van der Waals surface area contributed by atoms with Gasteiger partial charge in [0.2, 0.25) is 5.91 Å². The fourth-order valence-electron chi connectivity index (χ4n) is 3.07. The van der Waals surface area contributed by atoms with Crippen LogP contribution in [0.1, 0.15) is 25.7 Å². The van der Waals surface area contributed by atoms with Crippen molar-refractivity contribution in [3.8, 4) is 0 Å². The summed E-state index contributed by atoms with van der Waals surface area (Å²) in [5, 5.41) is 11.0. The van der Waals surface area contributed by atoms with Crippen molar-refractivity contribution in [3.63, 3.8) is 0 Å². The summed E-state index contributed by atoms with van der Waals surface area (Å²) in [7, 11) is 0. The second-order valence-electron chi connectivity index (χ2n) is 6.09. The number of benzene rings is 2. The molecule has 1 fully saturated rings. The van der Waals surface area contributed by atoms with Crippen LogP contribution in [0, 0.1) is 5.92 Å². The number of allylic oxidation sites excluding steroid dienone is 1. The lowest BCUT2D eigenvalue weighted by atomic mass is 9.85. The van der Waals surface area contributed by atoms with Crippen molar-refractivity contribution in [3.05, 3.63) is 54.1 Å². The van der Waals surface area contributed by atoms with Crippen molar-refractivity contribution in [2.75, 3.05) is 5.43 Å². The van der Waals surface area contributed by atoms with Crippen molar-refractivity contribution in [2.45, 2.75) is 25.7 Å². The van der Waals surface area contributed by atoms with E-state index in [-0.39, 0.29) is 11.8 Å². The van der Waals surface area contributed by atoms with E-state index >= 15 is 0 Å². The lowest BCUT2D eigenvalue weighted by molar-refractivity contribution is -0.131. The molecular formula is C19H20N2O3. The third-order valence-corrected chi connectivity index (χ3v) is 4.41. The molecule has 0 saturated heterocycles. The molecule has 3 N–H and O–H groups in total. The van der Waals surface area contributed by atoms with Gasteiger partial charge in [0.1, 0.15) is 0 Å². The number of hydrazine groups is 1. The van der Waals surface area contributed by atoms with Gasteiger partial charge in [-0.1, -0.05) is 35.9 Å². The minimum atomic E-state index is -0.911. The average molecular weight is 324 g/mol. The number of carbonyl (C=O) groups excluding carboxylic acids is 1. The molecule has 2 aromatic carbocycles. The fraction of sp³-hybridized carbons (Fsp3) is 0.263. The predicted octanol–water partition coefficient (Wildman–Crippen LogP) is 3.48. The van der Waals surface area contributed by atoms with Crippen LogP contribution in [0.3, 0.4) is 0 Å². The van der Waals surface area contributed by atoms with Gasteiger partial charge in [-0.2, -0.15) is 0 Å². The number of anilines is 1. The first kappa shape index (κ1) is 16.1. The van der Waals surface area contributed by atoms with Crippen LogP contribution in [0.4, 0.5) is 5.69 Å². The van der Waals surface area contributed by atoms with Crippen LogP contribution < -0.4 is 10.9 Å². The quantitative estimate of drug-likeness (QED) is 0.594. The SMILES string of the molecule is O=C(O)C=C1CCC(C(=O)NNc2ccc3ccccc3c2)CC1. The van der Waals surface area contributed by atoms with Gasteiger partial charge in [0.25, 0.3) is 0 Å². The van der Waals surface area contributed by atoms with Gasteiger partial charge in [-0.3, -0.25) is 15.6 Å². The Bertz CT molecular complexity index is 788. The Morgan fingerprint density at radius 3 is 2.46 bits per heavy atom. The Hall–Kier alpha value is -2.82. The van der Waals surface area contributed by atoms with Gasteiger partial charge in [0, 0.05) is 12.0 Å². The van der Waals surface area contributed by atoms with Crippen LogP contribution in [0.5, 0.6) is 0 Å². The number of amides is 1. The number of rotatable bonds is 4. The summed E-state index contributed by atoms with van der Waals surface area (Å²) < 4.78 is 0. The molecule has 124 valence electrons. The van der Waals surface area contributed by atoms with E-state index < -0.39 is 5.97 Å². The van der Waals surface area contributed by atoms with Crippen LogP contribution in [0.25, 0.3) is 10.8 Å². The summed E-state index contributed by atoms with van der Waals surface area (Å²) in [5.41, 5.74) is 7.48. The topological polar surface area (TPSA) is 78.4 Å². The Morgan fingerprint density at radius 2 is 1.75 bits per heavy atom. The standard InChI is InChI=1S/C19H20N2O3/c22-18(23)11-13-5-7-15(8-6-13)19(24)21-20-17-10-9-14-3-1-2-4-16(14)12-17/h1-4,9-12,15,20H,5-8H2,(H,21,24)(H,22,23). The normalized spacial score (nSPS) is 17.3. The molecule has 1 amide bonds. The van der Waals surface area contributed by atoms with Gasteiger partial charge in [-0.05, 0) is 48.6 Å². The zero-order valence-electron chi connectivity index (χ0n) is 13.3. The van der Waals surface area contributed by atoms with Gasteiger partial charge in [-0.15, -0.1) is 0 Å². The number of hydrogen-bond acceptors (Lipinski definition) is 3. The van der Waals surface area contributed by atoms with Gasteiger partial charge in [-0.25, -0.2) is 4.79 Å². The average Bonchev–Trinajstić information content (AvgIpc) is 2.59. The molecule has 0 unspecified atom stereocenters. The molecule has 0 heterocycles. The first-order valence-corrected chi connectivity index (χ1v) is 8.09. The monoisotopic (exact) mass is 324 g/mol. The molecular weight excluding hydrogens is 304 g/mol. The van der Waals surface area contributed by atoms with Crippen molar-refractivity contribution >= 4 is 28.3 Å². The smallest absolute Gasteiger partial charge is 0.328 e. The number of carboxylic acid groups (broad SMARTS) is 1. The molecule has 0 atom stereocenters. The minimum Gasteiger partial charge on any atom is -0.478 e. The van der Waals surface area contributed by atoms with Gasteiger partial charge >= 0.3 is 5.97 Å². The molecule has 0 aliphatic heterocycles. The Labute approximate surface area is 140 Å². The van der Waals surface area contributed by atoms with E-state index in [2.05, 4.69) is 10.9 Å². The van der Waals surface area contributed by atoms with E-state index in [1.165, 1.54) is 6.08 Å². The van der Waals surface area contributed by atoms with Crippen LogP contribution in [0.15, 0.2) is 54.1 Å². The van der Waals surface area contributed by atoms with E-state index in [0.717, 1.165) is 22.0 Å². The zero-order chi connectivity index (χ0) is 16.9. The van der Waals surface area contributed by atoms with Crippen LogP contribution in [-0.2, 0) is 9.59 Å². The number of carbonyl (C=O) groups is 2. The first-order valence-electron chi connectivity index (χ1n) is 8.09. The van der Waals surface area contributed by atoms with Crippen molar-refractivity contribution in [1.82, 2.24) is 5.43 Å². The molecule has 0 aromatic heterocycles. The summed E-state index contributed by atoms with van der Waals surface area (Å²) >= 11 is 0. The van der Waals surface area contributed by atoms with Gasteiger partial charge in [0.15, 0.2) is 0 Å². The lowest BCUT2D eigenvalue weighted by Crippen LogP contribution is -2.36. The van der Waals surface area contributed by atoms with Crippen LogP contribution in [0.2, 0.25) is 0 Å². The molecule has 0 spiro atoms. The number of carboxylic acids is 1. The number of nitrogens with one attached hydrogen (secondary N) is 2. The molecule has 5 heteroatoms. The highest BCUT2D eigenvalue weighted by atomic mass is 16.4. The zero-order valence-corrected chi connectivity index (χ0v) is 13.3. The lowest BCUT2D eigenvalue weighted by Gasteiger charge is -2.23. The second-order valence-corrected chi connectivity index (χ2v) is 6.09. The molecule has 24 heavy (non-hydrogen) atoms. The second kappa shape index (κ2) is 7.17. The molecule has 5 nitrogen and oxygen atoms in total. The Kier molecular flexibility index (Phi) is 4.79. The number of aliphatic carboxylic acids is 1. The highest BCUT2D eigenvalue weighted by Gasteiger charge is 2.23. The molecule has 1 saturated carbocycles. The minimum absolute atomic E-state index is 0.0440. The predicted molar refractivity (Wildman–Crippen MR) is 93.4 cm³/mol. The summed E-state index contributed by atoms with van der Waals surface area (Å²) in [6.07, 6.45) is 3.97. The van der Waals surface area contributed by atoms with E-state index in [4.69, 9.17) is 5.11 Å². The van der Waals surface area contributed by atoms with E-state index in [1.54, 1.807) is 0 Å². The summed E-state index contributed by atoms with van der Waals surface area (Å²) in [5.74, 6) is -1.03. The molecule has 0 bridgehead atoms. The van der Waals surface area contributed by atoms with Gasteiger partial charge < -0.3 is 5.11 Å². The molecule has 1 aliphatic rings. The summed E-state index contributed by atoms with van der Waals surface area (Å²) in [6.45, 7) is 0. The van der Waals surface area contributed by atoms with Crippen molar-refractivity contribution < 1.29 is 14.7 Å². The molecule has 0 radical (unpaired) electrons. The maximum atomic E-state index is 12.3. The van der Waals surface area contributed by atoms with Crippen LogP contribution in [-0.4, -0.2) is 17.0 Å². The highest BCUT2D eigenvalue weighted by molar-refractivity contribution is 5.86. The third kappa shape index (κ3) is 3.93. The first-order chi connectivity index (χ1) is 11.6. The number of fused-ring (bicyclic) bond motifs is 1. The Balaban J connectivity index is 1.54. The summed E-state index contributed by atoms with van der Waals surface area (Å²) in [4.78, 5) is 22.9. The van der Waals surface area contributed by atoms with Crippen LogP contribution >= 0.6 is 0 Å². The van der Waals surface area contributed by atoms with E-state index in [1.807, 2.05) is 42.5 Å². The summed E-state index contributed by atoms with van der Waals surface area (Å²) in [6, 6.07) is 14.0. The van der Waals surface area contributed by atoms with Crippen molar-refractivity contribution in [2.24, 2.45) is 5.92 Å². The maximum absolute atomic E-state index is 12.3. The third-order valence-electron chi connectivity index (χ3n) is 4.41. The highest BCUT2D eigenvalue weighted by Crippen LogP contribution is 2.28. The maximum Gasteiger partial charge on any atom is 0.328 e. The number of hydrogen-bond donors (Lipinski definition) is 3. The molecule has 2 aromatic rings. The van der Waals surface area contributed by atoms with Gasteiger partial charge in [0.05, 0.1) is 5.69 Å².